The molecule has 1 unspecified atom stereocenters. The van der Waals surface area contributed by atoms with Crippen LogP contribution in [-0.4, -0.2) is 31.7 Å². The largest absolute Gasteiger partial charge is 0.367 e. The summed E-state index contributed by atoms with van der Waals surface area (Å²) in [5, 5.41) is 2.87. The molecule has 0 rings (SSSR count). The van der Waals surface area contributed by atoms with Crippen molar-refractivity contribution in [1.29, 1.82) is 0 Å². The number of carbonyl (C=O) groups is 1. The third-order valence-electron chi connectivity index (χ3n) is 2.02. The summed E-state index contributed by atoms with van der Waals surface area (Å²) in [6, 6.07) is 0. The molecule has 2 atom stereocenters. The van der Waals surface area contributed by atoms with Gasteiger partial charge in [-0.25, -0.2) is 0 Å². The molecule has 0 aliphatic carbocycles. The van der Waals surface area contributed by atoms with E-state index in [-0.39, 0.29) is 6.10 Å². The second kappa shape index (κ2) is 5.94. The average Bonchev–Trinajstić information content (AvgIpc) is 2.03. The molecule has 0 aliphatic rings. The van der Waals surface area contributed by atoms with Gasteiger partial charge in [0.2, 0.25) is 5.91 Å². The lowest BCUT2D eigenvalue weighted by Crippen LogP contribution is -2.41. The normalized spacial score (nSPS) is 15.8. The van der Waals surface area contributed by atoms with Crippen molar-refractivity contribution < 1.29 is 9.53 Å². The highest BCUT2D eigenvalue weighted by Crippen LogP contribution is 2.07. The van der Waals surface area contributed by atoms with Gasteiger partial charge in [0.05, 0.1) is 6.10 Å². The Bertz CT molecular complexity index is 160. The molecule has 3 N–H and O–H groups in total. The van der Waals surface area contributed by atoms with Gasteiger partial charge in [-0.1, -0.05) is 13.8 Å². The standard InChI is InChI=1S/C9H20N2O2/c1-6(2)7(3)13-8(5-11-4)9(10)12/h6-8,11H,5H2,1-4H3,(H2,10,12)/t7-,8?/m1/s1. The summed E-state index contributed by atoms with van der Waals surface area (Å²) in [5.41, 5.74) is 5.17. The van der Waals surface area contributed by atoms with E-state index in [4.69, 9.17) is 10.5 Å². The lowest BCUT2D eigenvalue weighted by Gasteiger charge is -2.22. The smallest absolute Gasteiger partial charge is 0.247 e. The number of hydrogen-bond acceptors (Lipinski definition) is 3. The lowest BCUT2D eigenvalue weighted by molar-refractivity contribution is -0.133. The SMILES string of the molecule is CNCC(O[C@H](C)C(C)C)C(N)=O. The maximum atomic E-state index is 10.9. The summed E-state index contributed by atoms with van der Waals surface area (Å²) in [6.07, 6.45) is -0.478. The van der Waals surface area contributed by atoms with E-state index in [1.54, 1.807) is 7.05 Å². The van der Waals surface area contributed by atoms with Crippen molar-refractivity contribution in [2.75, 3.05) is 13.6 Å². The van der Waals surface area contributed by atoms with Crippen molar-refractivity contribution in [3.8, 4) is 0 Å². The zero-order valence-corrected chi connectivity index (χ0v) is 8.83. The fraction of sp³-hybridized carbons (Fsp3) is 0.889. The first-order valence-corrected chi connectivity index (χ1v) is 4.58. The highest BCUT2D eigenvalue weighted by atomic mass is 16.5. The van der Waals surface area contributed by atoms with Crippen molar-refractivity contribution in [3.63, 3.8) is 0 Å². The molecule has 78 valence electrons. The minimum absolute atomic E-state index is 0.0471. The highest BCUT2D eigenvalue weighted by molar-refractivity contribution is 5.79. The predicted octanol–water partition coefficient (Wildman–Crippen LogP) is 0.121. The van der Waals surface area contributed by atoms with E-state index in [1.807, 2.05) is 20.8 Å². The summed E-state index contributed by atoms with van der Waals surface area (Å²) in [5.74, 6) is -0.0273. The molecule has 0 bridgehead atoms. The Labute approximate surface area is 79.8 Å². The summed E-state index contributed by atoms with van der Waals surface area (Å²) in [7, 11) is 1.76. The van der Waals surface area contributed by atoms with Crippen molar-refractivity contribution >= 4 is 5.91 Å². The maximum Gasteiger partial charge on any atom is 0.247 e. The van der Waals surface area contributed by atoms with Crippen LogP contribution < -0.4 is 11.1 Å². The van der Waals surface area contributed by atoms with E-state index >= 15 is 0 Å². The van der Waals surface area contributed by atoms with Crippen LogP contribution in [-0.2, 0) is 9.53 Å². The Morgan fingerprint density at radius 1 is 1.46 bits per heavy atom. The second-order valence-electron chi connectivity index (χ2n) is 3.53. The predicted molar refractivity (Wildman–Crippen MR) is 52.3 cm³/mol. The van der Waals surface area contributed by atoms with Crippen LogP contribution in [0.3, 0.4) is 0 Å². The molecular formula is C9H20N2O2. The summed E-state index contributed by atoms with van der Waals surface area (Å²) >= 11 is 0. The Balaban J connectivity index is 4.01. The number of nitrogens with two attached hydrogens (primary N) is 1. The van der Waals surface area contributed by atoms with Crippen LogP contribution >= 0.6 is 0 Å². The number of amides is 1. The van der Waals surface area contributed by atoms with E-state index in [0.717, 1.165) is 0 Å². The number of hydrogen-bond donors (Lipinski definition) is 2. The van der Waals surface area contributed by atoms with Crippen LogP contribution in [0.1, 0.15) is 20.8 Å². The van der Waals surface area contributed by atoms with E-state index in [1.165, 1.54) is 0 Å². The fourth-order valence-corrected chi connectivity index (χ4v) is 0.817. The molecule has 0 fully saturated rings. The fourth-order valence-electron chi connectivity index (χ4n) is 0.817. The van der Waals surface area contributed by atoms with Gasteiger partial charge in [0.15, 0.2) is 0 Å². The van der Waals surface area contributed by atoms with E-state index in [9.17, 15) is 4.79 Å². The van der Waals surface area contributed by atoms with E-state index in [2.05, 4.69) is 5.32 Å². The first-order valence-electron chi connectivity index (χ1n) is 4.58. The first-order chi connectivity index (χ1) is 5.99. The molecule has 0 aromatic rings. The number of ether oxygens (including phenoxy) is 1. The van der Waals surface area contributed by atoms with Gasteiger partial charge in [0.1, 0.15) is 6.10 Å². The highest BCUT2D eigenvalue weighted by Gasteiger charge is 2.19. The number of rotatable bonds is 6. The quantitative estimate of drug-likeness (QED) is 0.622. The zero-order valence-electron chi connectivity index (χ0n) is 8.83. The Kier molecular flexibility index (Phi) is 5.66. The summed E-state index contributed by atoms with van der Waals surface area (Å²) in [4.78, 5) is 10.9. The Morgan fingerprint density at radius 3 is 2.31 bits per heavy atom. The number of nitrogens with one attached hydrogen (secondary N) is 1. The number of carbonyl (C=O) groups excluding carboxylic acids is 1. The van der Waals surface area contributed by atoms with Gasteiger partial charge in [-0.2, -0.15) is 0 Å². The molecule has 4 nitrogen and oxygen atoms in total. The molecule has 0 heterocycles. The van der Waals surface area contributed by atoms with Gasteiger partial charge in [-0.15, -0.1) is 0 Å². The Morgan fingerprint density at radius 2 is 2.00 bits per heavy atom. The summed E-state index contributed by atoms with van der Waals surface area (Å²) in [6.45, 7) is 6.49. The van der Waals surface area contributed by atoms with Crippen molar-refractivity contribution in [3.05, 3.63) is 0 Å². The van der Waals surface area contributed by atoms with Gasteiger partial charge in [0.25, 0.3) is 0 Å². The average molecular weight is 188 g/mol. The van der Waals surface area contributed by atoms with Crippen LogP contribution in [0.2, 0.25) is 0 Å². The van der Waals surface area contributed by atoms with Gasteiger partial charge in [-0.05, 0) is 19.9 Å². The van der Waals surface area contributed by atoms with Crippen LogP contribution in [0.15, 0.2) is 0 Å². The second-order valence-corrected chi connectivity index (χ2v) is 3.53. The lowest BCUT2D eigenvalue weighted by atomic mass is 10.1. The monoisotopic (exact) mass is 188 g/mol. The Hall–Kier alpha value is -0.610. The third kappa shape index (κ3) is 4.85. The molecule has 0 aliphatic heterocycles. The molecule has 13 heavy (non-hydrogen) atoms. The van der Waals surface area contributed by atoms with Crippen LogP contribution in [0, 0.1) is 5.92 Å². The summed E-state index contributed by atoms with van der Waals surface area (Å²) < 4.78 is 5.48. The minimum atomic E-state index is -0.526. The van der Waals surface area contributed by atoms with Crippen LogP contribution in [0.25, 0.3) is 0 Å². The van der Waals surface area contributed by atoms with Gasteiger partial charge in [-0.3, -0.25) is 4.79 Å². The zero-order chi connectivity index (χ0) is 10.4. The van der Waals surface area contributed by atoms with Crippen molar-refractivity contribution in [1.82, 2.24) is 5.32 Å². The molecule has 4 heteroatoms. The van der Waals surface area contributed by atoms with Gasteiger partial charge >= 0.3 is 0 Å². The molecule has 0 aromatic carbocycles. The number of likely N-dealkylation sites (N-methyl/N-ethyl adjacent to an activating group) is 1. The maximum absolute atomic E-state index is 10.9. The van der Waals surface area contributed by atoms with Crippen molar-refractivity contribution in [2.45, 2.75) is 33.0 Å². The van der Waals surface area contributed by atoms with Crippen LogP contribution in [0.5, 0.6) is 0 Å². The molecule has 0 aromatic heterocycles. The minimum Gasteiger partial charge on any atom is -0.367 e. The third-order valence-corrected chi connectivity index (χ3v) is 2.02. The van der Waals surface area contributed by atoms with Crippen molar-refractivity contribution in [2.24, 2.45) is 11.7 Å². The molecule has 1 amide bonds. The van der Waals surface area contributed by atoms with Gasteiger partial charge < -0.3 is 15.8 Å². The van der Waals surface area contributed by atoms with Gasteiger partial charge in [0, 0.05) is 6.54 Å². The molecule has 0 spiro atoms. The van der Waals surface area contributed by atoms with E-state index < -0.39 is 12.0 Å². The van der Waals surface area contributed by atoms with Crippen LogP contribution in [0.4, 0.5) is 0 Å². The molecule has 0 radical (unpaired) electrons. The number of primary amides is 1. The molecule has 0 saturated heterocycles. The van der Waals surface area contributed by atoms with E-state index in [0.29, 0.717) is 12.5 Å². The molecular weight excluding hydrogens is 168 g/mol. The topological polar surface area (TPSA) is 64.3 Å². The molecule has 0 saturated carbocycles. The first kappa shape index (κ1) is 12.4.